The molecule has 0 aromatic heterocycles. The minimum atomic E-state index is 1.16. The first-order chi connectivity index (χ1) is 6.85. The van der Waals surface area contributed by atoms with Gasteiger partial charge in [-0.1, -0.05) is 38.2 Å². The molecule has 0 heterocycles. The highest BCUT2D eigenvalue weighted by Crippen LogP contribution is 1.96. The van der Waals surface area contributed by atoms with E-state index in [2.05, 4.69) is 50.0 Å². The van der Waals surface area contributed by atoms with Crippen LogP contribution < -0.4 is 0 Å². The Hall–Kier alpha value is -0.560. The number of hydrogen-bond donors (Lipinski definition) is 0. The molecule has 0 amide bonds. The topological polar surface area (TPSA) is 3.24 Å². The van der Waals surface area contributed by atoms with Crippen LogP contribution in [0.4, 0.5) is 0 Å². The summed E-state index contributed by atoms with van der Waals surface area (Å²) in [5.74, 6) is 0. The molecule has 0 radical (unpaired) electrons. The van der Waals surface area contributed by atoms with Crippen LogP contribution in [0.1, 0.15) is 40.0 Å². The Bertz CT molecular complexity index is 159. The lowest BCUT2D eigenvalue weighted by molar-refractivity contribution is 0.299. The average molecular weight is 195 g/mol. The predicted octanol–water partition coefficient (Wildman–Crippen LogP) is 3.63. The van der Waals surface area contributed by atoms with Crippen LogP contribution >= 0.6 is 0 Å². The molecule has 0 bridgehead atoms. The van der Waals surface area contributed by atoms with Crippen LogP contribution in [-0.4, -0.2) is 24.5 Å². The highest BCUT2D eigenvalue weighted by molar-refractivity contribution is 4.82. The van der Waals surface area contributed by atoms with E-state index >= 15 is 0 Å². The van der Waals surface area contributed by atoms with Crippen LogP contribution in [0.2, 0.25) is 0 Å². The summed E-state index contributed by atoms with van der Waals surface area (Å²) in [6, 6.07) is 0. The summed E-state index contributed by atoms with van der Waals surface area (Å²) in [5, 5.41) is 0. The second kappa shape index (κ2) is 10.5. The number of hydrogen-bond acceptors (Lipinski definition) is 1. The third kappa shape index (κ3) is 8.06. The van der Waals surface area contributed by atoms with E-state index in [1.807, 2.05) is 0 Å². The van der Waals surface area contributed by atoms with E-state index in [0.717, 1.165) is 13.0 Å². The average Bonchev–Trinajstić information content (AvgIpc) is 2.22. The quantitative estimate of drug-likeness (QED) is 0.535. The van der Waals surface area contributed by atoms with Gasteiger partial charge in [-0.15, -0.1) is 0 Å². The highest BCUT2D eigenvalue weighted by atomic mass is 15.1. The van der Waals surface area contributed by atoms with Gasteiger partial charge in [-0.25, -0.2) is 0 Å². The van der Waals surface area contributed by atoms with Crippen molar-refractivity contribution in [3.8, 4) is 0 Å². The molecular weight excluding hydrogens is 170 g/mol. The lowest BCUT2D eigenvalue weighted by Crippen LogP contribution is -2.25. The van der Waals surface area contributed by atoms with Gasteiger partial charge in [-0.3, -0.25) is 0 Å². The minimum Gasteiger partial charge on any atom is -0.303 e. The molecule has 0 unspecified atom stereocenters. The first-order valence-corrected chi connectivity index (χ1v) is 5.83. The first kappa shape index (κ1) is 13.4. The summed E-state index contributed by atoms with van der Waals surface area (Å²) >= 11 is 0. The van der Waals surface area contributed by atoms with Crippen molar-refractivity contribution in [2.45, 2.75) is 40.0 Å². The van der Waals surface area contributed by atoms with E-state index in [9.17, 15) is 0 Å². The molecule has 1 nitrogen and oxygen atoms in total. The van der Waals surface area contributed by atoms with Gasteiger partial charge in [0.25, 0.3) is 0 Å². The molecule has 0 rings (SSSR count). The third-order valence-electron chi connectivity index (χ3n) is 2.31. The van der Waals surface area contributed by atoms with Gasteiger partial charge in [0.2, 0.25) is 0 Å². The molecule has 0 fully saturated rings. The zero-order chi connectivity index (χ0) is 10.6. The Morgan fingerprint density at radius 1 is 0.929 bits per heavy atom. The van der Waals surface area contributed by atoms with Gasteiger partial charge in [0, 0.05) is 13.1 Å². The van der Waals surface area contributed by atoms with Gasteiger partial charge in [-0.2, -0.15) is 0 Å². The molecule has 0 saturated heterocycles. The van der Waals surface area contributed by atoms with Crippen LogP contribution in [0.5, 0.6) is 0 Å². The summed E-state index contributed by atoms with van der Waals surface area (Å²) in [4.78, 5) is 2.50. The predicted molar refractivity (Wildman–Crippen MR) is 65.6 cm³/mol. The van der Waals surface area contributed by atoms with Crippen molar-refractivity contribution in [2.75, 3.05) is 19.6 Å². The molecule has 0 saturated carbocycles. The summed E-state index contributed by atoms with van der Waals surface area (Å²) in [6.07, 6.45) is 12.4. The molecule has 14 heavy (non-hydrogen) atoms. The van der Waals surface area contributed by atoms with Gasteiger partial charge in [0.1, 0.15) is 0 Å². The van der Waals surface area contributed by atoms with Crippen molar-refractivity contribution in [3.05, 3.63) is 24.3 Å². The zero-order valence-corrected chi connectivity index (χ0v) is 10.00. The highest BCUT2D eigenvalue weighted by Gasteiger charge is 1.97. The van der Waals surface area contributed by atoms with Crippen molar-refractivity contribution in [1.82, 2.24) is 4.90 Å². The molecule has 0 atom stereocenters. The van der Waals surface area contributed by atoms with E-state index < -0.39 is 0 Å². The minimum absolute atomic E-state index is 1.16. The molecule has 0 aliphatic rings. The second-order valence-corrected chi connectivity index (χ2v) is 3.46. The maximum absolute atomic E-state index is 2.50. The molecule has 1 heteroatoms. The first-order valence-electron chi connectivity index (χ1n) is 5.83. The monoisotopic (exact) mass is 195 g/mol. The van der Waals surface area contributed by atoms with Crippen LogP contribution in [0.15, 0.2) is 24.3 Å². The van der Waals surface area contributed by atoms with Gasteiger partial charge in [-0.05, 0) is 32.7 Å². The molecule has 0 aromatic carbocycles. The molecule has 0 aromatic rings. The van der Waals surface area contributed by atoms with E-state index in [1.54, 1.807) is 0 Å². The van der Waals surface area contributed by atoms with E-state index in [4.69, 9.17) is 0 Å². The second-order valence-electron chi connectivity index (χ2n) is 3.46. The standard InChI is InChI=1S/C13H25N/c1-4-7-9-11-13-14(6-3)12-10-8-5-2/h5,7-9H,4,6,10-13H2,1-3H3/b8-5-,9-7-. The zero-order valence-electron chi connectivity index (χ0n) is 10.00. The molecule has 0 aliphatic carbocycles. The molecule has 82 valence electrons. The van der Waals surface area contributed by atoms with E-state index in [0.29, 0.717) is 0 Å². The summed E-state index contributed by atoms with van der Waals surface area (Å²) < 4.78 is 0. The van der Waals surface area contributed by atoms with Crippen molar-refractivity contribution in [1.29, 1.82) is 0 Å². The van der Waals surface area contributed by atoms with Crippen molar-refractivity contribution >= 4 is 0 Å². The fraction of sp³-hybridized carbons (Fsp3) is 0.692. The largest absolute Gasteiger partial charge is 0.303 e. The van der Waals surface area contributed by atoms with Gasteiger partial charge >= 0.3 is 0 Å². The smallest absolute Gasteiger partial charge is 0.00159 e. The summed E-state index contributed by atoms with van der Waals surface area (Å²) in [6.45, 7) is 10.1. The summed E-state index contributed by atoms with van der Waals surface area (Å²) in [7, 11) is 0. The van der Waals surface area contributed by atoms with Crippen molar-refractivity contribution in [3.63, 3.8) is 0 Å². The fourth-order valence-electron chi connectivity index (χ4n) is 1.39. The van der Waals surface area contributed by atoms with E-state index in [1.165, 1.54) is 25.9 Å². The molecular formula is C13H25N. The van der Waals surface area contributed by atoms with Gasteiger partial charge in [0.05, 0.1) is 0 Å². The molecule has 0 aliphatic heterocycles. The Morgan fingerprint density at radius 2 is 1.57 bits per heavy atom. The third-order valence-corrected chi connectivity index (χ3v) is 2.31. The summed E-state index contributed by atoms with van der Waals surface area (Å²) in [5.41, 5.74) is 0. The molecule has 0 spiro atoms. The van der Waals surface area contributed by atoms with Crippen LogP contribution in [0.25, 0.3) is 0 Å². The lowest BCUT2D eigenvalue weighted by Gasteiger charge is -2.18. The lowest BCUT2D eigenvalue weighted by atomic mass is 10.3. The maximum Gasteiger partial charge on any atom is 0.00159 e. The van der Waals surface area contributed by atoms with Crippen molar-refractivity contribution in [2.24, 2.45) is 0 Å². The number of rotatable bonds is 8. The Balaban J connectivity index is 3.52. The van der Waals surface area contributed by atoms with Crippen LogP contribution in [0, 0.1) is 0 Å². The maximum atomic E-state index is 2.50. The van der Waals surface area contributed by atoms with Crippen LogP contribution in [0.3, 0.4) is 0 Å². The SMILES string of the molecule is C/C=C\CCN(CC)CC/C=C\CC. The normalized spacial score (nSPS) is 12.3. The Labute approximate surface area is 89.5 Å². The fourth-order valence-corrected chi connectivity index (χ4v) is 1.39. The number of nitrogens with zero attached hydrogens (tertiary/aromatic N) is 1. The Morgan fingerprint density at radius 3 is 2.07 bits per heavy atom. The van der Waals surface area contributed by atoms with Gasteiger partial charge in [0.15, 0.2) is 0 Å². The Kier molecular flexibility index (Phi) is 10.1. The van der Waals surface area contributed by atoms with Crippen molar-refractivity contribution < 1.29 is 0 Å². The van der Waals surface area contributed by atoms with E-state index in [-0.39, 0.29) is 0 Å². The van der Waals surface area contributed by atoms with Gasteiger partial charge < -0.3 is 4.90 Å². The van der Waals surface area contributed by atoms with Crippen LogP contribution in [-0.2, 0) is 0 Å². The number of allylic oxidation sites excluding steroid dienone is 2. The molecule has 0 N–H and O–H groups in total.